The van der Waals surface area contributed by atoms with E-state index in [2.05, 4.69) is 11.2 Å². The van der Waals surface area contributed by atoms with Gasteiger partial charge in [0.2, 0.25) is 0 Å². The first-order chi connectivity index (χ1) is 22.9. The van der Waals surface area contributed by atoms with Gasteiger partial charge in [-0.25, -0.2) is 4.79 Å². The molecule has 11 nitrogen and oxygen atoms in total. The minimum Gasteiger partial charge on any atom is -0.469 e. The molecule has 0 amide bonds. The number of fused-ring (bicyclic) bond motifs is 2. The van der Waals surface area contributed by atoms with Crippen LogP contribution in [0.25, 0.3) is 21.5 Å². The first-order valence-corrected chi connectivity index (χ1v) is 16.2. The van der Waals surface area contributed by atoms with Crippen LogP contribution in [0.5, 0.6) is 0 Å². The summed E-state index contributed by atoms with van der Waals surface area (Å²) in [6.07, 6.45) is 1.55. The molecule has 3 aromatic carbocycles. The lowest BCUT2D eigenvalue weighted by atomic mass is 9.67. The summed E-state index contributed by atoms with van der Waals surface area (Å²) in [5.74, 6) is -4.31. The van der Waals surface area contributed by atoms with Crippen molar-refractivity contribution in [2.75, 3.05) is 33.5 Å². The summed E-state index contributed by atoms with van der Waals surface area (Å²) < 4.78 is 21.1. The van der Waals surface area contributed by atoms with Crippen molar-refractivity contribution in [3.63, 3.8) is 0 Å². The van der Waals surface area contributed by atoms with Crippen molar-refractivity contribution in [3.8, 4) is 0 Å². The minimum absolute atomic E-state index is 0.0133. The van der Waals surface area contributed by atoms with Crippen molar-refractivity contribution >= 4 is 51.6 Å². The molecule has 11 heteroatoms. The van der Waals surface area contributed by atoms with Gasteiger partial charge in [0.15, 0.2) is 0 Å². The van der Waals surface area contributed by atoms with Crippen molar-refractivity contribution in [1.82, 2.24) is 0 Å². The topological polar surface area (TPSA) is 150 Å². The Labute approximate surface area is 280 Å². The maximum Gasteiger partial charge on any atom is 0.337 e. The SMILES string of the molecule is CCC(C)(CC(C)(CC(CC(C)C(=O)ON=Cc1c2ccccc2cc2ccccc12)C(=O)OCCO)C(=O)OCC1CO1)C(=O)OC. The maximum atomic E-state index is 13.6. The first-order valence-electron chi connectivity index (χ1n) is 16.2. The van der Waals surface area contributed by atoms with E-state index in [1.54, 1.807) is 20.8 Å². The molecule has 1 aliphatic heterocycles. The van der Waals surface area contributed by atoms with Crippen LogP contribution >= 0.6 is 0 Å². The maximum absolute atomic E-state index is 13.6. The van der Waals surface area contributed by atoms with Crippen molar-refractivity contribution in [2.24, 2.45) is 27.8 Å². The van der Waals surface area contributed by atoms with Gasteiger partial charge in [-0.15, -0.1) is 0 Å². The summed E-state index contributed by atoms with van der Waals surface area (Å²) in [5, 5.41) is 17.3. The number of hydrogen-bond acceptors (Lipinski definition) is 11. The molecule has 3 aromatic rings. The first kappa shape index (κ1) is 36.5. The number of esters is 3. The minimum atomic E-state index is -1.35. The lowest BCUT2D eigenvalue weighted by molar-refractivity contribution is -0.166. The summed E-state index contributed by atoms with van der Waals surface area (Å²) in [6, 6.07) is 17.8. The van der Waals surface area contributed by atoms with Crippen molar-refractivity contribution < 1.29 is 48.1 Å². The van der Waals surface area contributed by atoms with Crippen LogP contribution in [-0.2, 0) is 43.0 Å². The second-order valence-corrected chi connectivity index (χ2v) is 13.0. The van der Waals surface area contributed by atoms with Crippen LogP contribution in [0.4, 0.5) is 0 Å². The Balaban J connectivity index is 1.55. The second-order valence-electron chi connectivity index (χ2n) is 13.0. The van der Waals surface area contributed by atoms with Crippen LogP contribution in [0.2, 0.25) is 0 Å². The lowest BCUT2D eigenvalue weighted by Gasteiger charge is -2.37. The second kappa shape index (κ2) is 16.2. The highest BCUT2D eigenvalue weighted by Crippen LogP contribution is 2.44. The van der Waals surface area contributed by atoms with Crippen LogP contribution in [-0.4, -0.2) is 74.8 Å². The number of benzene rings is 3. The number of epoxide rings is 1. The molecule has 258 valence electrons. The van der Waals surface area contributed by atoms with Gasteiger partial charge < -0.3 is 28.9 Å². The molecule has 5 unspecified atom stereocenters. The molecule has 5 atom stereocenters. The number of aliphatic hydroxyl groups excluding tert-OH is 1. The van der Waals surface area contributed by atoms with Gasteiger partial charge in [-0.1, -0.05) is 67.5 Å². The molecular formula is C37H45NO10. The smallest absolute Gasteiger partial charge is 0.337 e. The fourth-order valence-electron chi connectivity index (χ4n) is 6.19. The zero-order chi connectivity index (χ0) is 34.9. The Bertz CT molecular complexity index is 1600. The summed E-state index contributed by atoms with van der Waals surface area (Å²) in [5.41, 5.74) is -1.62. The normalized spacial score (nSPS) is 18.0. The van der Waals surface area contributed by atoms with Crippen molar-refractivity contribution in [3.05, 3.63) is 60.2 Å². The molecule has 4 rings (SSSR count). The Morgan fingerprint density at radius 2 is 1.60 bits per heavy atom. The zero-order valence-electron chi connectivity index (χ0n) is 28.2. The number of methoxy groups -OCH3 is 1. The van der Waals surface area contributed by atoms with E-state index in [1.807, 2.05) is 55.5 Å². The van der Waals surface area contributed by atoms with E-state index in [4.69, 9.17) is 23.8 Å². The Hall–Kier alpha value is -4.35. The third kappa shape index (κ3) is 8.96. The molecule has 1 N–H and O–H groups in total. The predicted octanol–water partition coefficient (Wildman–Crippen LogP) is 5.37. The summed E-state index contributed by atoms with van der Waals surface area (Å²) >= 11 is 0. The summed E-state index contributed by atoms with van der Waals surface area (Å²) in [4.78, 5) is 58.3. The Morgan fingerprint density at radius 1 is 0.979 bits per heavy atom. The molecule has 0 spiro atoms. The standard InChI is InChI=1S/C37H45NO10/c1-6-36(3,34(42)44-5)23-37(4,35(43)47-22-28-21-46-28)19-27(33(41)45-16-15-39)17-24(2)32(40)48-38-20-31-29-13-9-7-11-25(29)18-26-12-8-10-14-30(26)31/h7-14,18,20,24,27-28,39H,6,15-17,19,21-23H2,1-5H3. The van der Waals surface area contributed by atoms with Gasteiger partial charge in [-0.3, -0.25) is 14.4 Å². The number of carbonyl (C=O) groups excluding carboxylic acids is 4. The molecule has 1 aliphatic rings. The largest absolute Gasteiger partial charge is 0.469 e. The fraction of sp³-hybridized carbons (Fsp3) is 0.486. The molecular weight excluding hydrogens is 618 g/mol. The van der Waals surface area contributed by atoms with Gasteiger partial charge in [0, 0.05) is 5.56 Å². The van der Waals surface area contributed by atoms with Gasteiger partial charge in [-0.05, 0) is 67.1 Å². The van der Waals surface area contributed by atoms with Crippen LogP contribution < -0.4 is 0 Å². The molecule has 1 saturated heterocycles. The van der Waals surface area contributed by atoms with E-state index in [0.29, 0.717) is 13.0 Å². The molecule has 0 radical (unpaired) electrons. The highest BCUT2D eigenvalue weighted by Gasteiger charge is 2.48. The van der Waals surface area contributed by atoms with Gasteiger partial charge in [0.25, 0.3) is 0 Å². The van der Waals surface area contributed by atoms with Crippen LogP contribution in [0, 0.1) is 22.7 Å². The van der Waals surface area contributed by atoms with E-state index in [-0.39, 0.29) is 38.6 Å². The number of nitrogens with zero attached hydrogens (tertiary/aromatic N) is 1. The van der Waals surface area contributed by atoms with Gasteiger partial charge in [-0.2, -0.15) is 0 Å². The van der Waals surface area contributed by atoms with Crippen molar-refractivity contribution in [2.45, 2.75) is 59.5 Å². The van der Waals surface area contributed by atoms with E-state index in [9.17, 15) is 24.3 Å². The van der Waals surface area contributed by atoms with Gasteiger partial charge in [0.05, 0.1) is 49.2 Å². The van der Waals surface area contributed by atoms with Crippen LogP contribution in [0.3, 0.4) is 0 Å². The monoisotopic (exact) mass is 663 g/mol. The highest BCUT2D eigenvalue weighted by molar-refractivity contribution is 6.13. The zero-order valence-corrected chi connectivity index (χ0v) is 28.2. The average molecular weight is 664 g/mol. The molecule has 48 heavy (non-hydrogen) atoms. The number of hydrogen-bond donors (Lipinski definition) is 1. The summed E-state index contributed by atoms with van der Waals surface area (Å²) in [6.45, 7) is 6.61. The van der Waals surface area contributed by atoms with Gasteiger partial charge in [0.1, 0.15) is 19.3 Å². The predicted molar refractivity (Wildman–Crippen MR) is 179 cm³/mol. The number of oxime groups is 1. The quantitative estimate of drug-likeness (QED) is 0.0380. The number of rotatable bonds is 17. The van der Waals surface area contributed by atoms with Crippen molar-refractivity contribution in [1.29, 1.82) is 0 Å². The Kier molecular flexibility index (Phi) is 12.3. The summed E-state index contributed by atoms with van der Waals surface area (Å²) in [7, 11) is 1.28. The number of carbonyl (C=O) groups is 4. The third-order valence-electron chi connectivity index (χ3n) is 9.08. The van der Waals surface area contributed by atoms with Crippen LogP contribution in [0.1, 0.15) is 58.9 Å². The molecule has 0 saturated carbocycles. The average Bonchev–Trinajstić information content (AvgIpc) is 3.93. The molecule has 1 heterocycles. The van der Waals surface area contributed by atoms with E-state index >= 15 is 0 Å². The number of aliphatic hydroxyl groups is 1. The van der Waals surface area contributed by atoms with E-state index in [0.717, 1.165) is 27.1 Å². The Morgan fingerprint density at radius 3 is 2.17 bits per heavy atom. The van der Waals surface area contributed by atoms with E-state index < -0.39 is 53.1 Å². The third-order valence-corrected chi connectivity index (χ3v) is 9.08. The highest BCUT2D eigenvalue weighted by atomic mass is 16.7. The lowest BCUT2D eigenvalue weighted by Crippen LogP contribution is -2.42. The number of ether oxygens (including phenoxy) is 4. The fourth-order valence-corrected chi connectivity index (χ4v) is 6.19. The molecule has 1 fully saturated rings. The molecule has 0 aliphatic carbocycles. The van der Waals surface area contributed by atoms with Crippen LogP contribution in [0.15, 0.2) is 59.8 Å². The van der Waals surface area contributed by atoms with E-state index in [1.165, 1.54) is 13.3 Å². The molecule has 0 bridgehead atoms. The van der Waals surface area contributed by atoms with Gasteiger partial charge >= 0.3 is 23.9 Å². The molecule has 0 aromatic heterocycles.